The summed E-state index contributed by atoms with van der Waals surface area (Å²) in [4.78, 5) is 23.6. The van der Waals surface area contributed by atoms with Crippen LogP contribution in [0.3, 0.4) is 0 Å². The molecule has 0 spiro atoms. The fourth-order valence-corrected chi connectivity index (χ4v) is 2.32. The zero-order valence-corrected chi connectivity index (χ0v) is 15.9. The number of carbonyl (C=O) groups is 2. The van der Waals surface area contributed by atoms with Gasteiger partial charge in [-0.2, -0.15) is 0 Å². The SMILES string of the molecule is O=C(CCNC(=O)c1ccc(Br)cc1)NNC(=S)Nc1ccccc1F. The van der Waals surface area contributed by atoms with Gasteiger partial charge in [0.1, 0.15) is 5.82 Å². The number of rotatable bonds is 5. The number of nitrogens with one attached hydrogen (secondary N) is 4. The van der Waals surface area contributed by atoms with Crippen LogP contribution in [0.1, 0.15) is 16.8 Å². The van der Waals surface area contributed by atoms with Gasteiger partial charge >= 0.3 is 0 Å². The van der Waals surface area contributed by atoms with E-state index in [1.165, 1.54) is 12.1 Å². The van der Waals surface area contributed by atoms with E-state index in [0.29, 0.717) is 5.56 Å². The maximum absolute atomic E-state index is 13.5. The third-order valence-corrected chi connectivity index (χ3v) is 3.91. The van der Waals surface area contributed by atoms with E-state index in [9.17, 15) is 14.0 Å². The number of hydrogen-bond donors (Lipinski definition) is 4. The Bertz CT molecular complexity index is 802. The number of amides is 2. The van der Waals surface area contributed by atoms with Crippen LogP contribution in [0.25, 0.3) is 0 Å². The van der Waals surface area contributed by atoms with Crippen molar-refractivity contribution in [3.05, 3.63) is 64.4 Å². The highest BCUT2D eigenvalue weighted by Crippen LogP contribution is 2.12. The number of benzene rings is 2. The highest BCUT2D eigenvalue weighted by atomic mass is 79.9. The Kier molecular flexibility index (Phi) is 7.49. The minimum absolute atomic E-state index is 0.0438. The molecule has 136 valence electrons. The lowest BCUT2D eigenvalue weighted by molar-refractivity contribution is -0.121. The summed E-state index contributed by atoms with van der Waals surface area (Å²) in [5.74, 6) is -1.10. The van der Waals surface area contributed by atoms with Crippen molar-refractivity contribution in [3.63, 3.8) is 0 Å². The van der Waals surface area contributed by atoms with Crippen molar-refractivity contribution in [2.45, 2.75) is 6.42 Å². The maximum atomic E-state index is 13.5. The summed E-state index contributed by atoms with van der Waals surface area (Å²) in [5.41, 5.74) is 5.54. The van der Waals surface area contributed by atoms with Crippen molar-refractivity contribution in [3.8, 4) is 0 Å². The van der Waals surface area contributed by atoms with Crippen molar-refractivity contribution in [1.29, 1.82) is 0 Å². The van der Waals surface area contributed by atoms with Gasteiger partial charge in [0, 0.05) is 23.0 Å². The summed E-state index contributed by atoms with van der Waals surface area (Å²) in [6.07, 6.45) is 0.0532. The third kappa shape index (κ3) is 6.41. The lowest BCUT2D eigenvalue weighted by Crippen LogP contribution is -2.44. The summed E-state index contributed by atoms with van der Waals surface area (Å²) >= 11 is 8.26. The van der Waals surface area contributed by atoms with Crippen LogP contribution in [-0.2, 0) is 4.79 Å². The van der Waals surface area contributed by atoms with Crippen molar-refractivity contribution in [2.24, 2.45) is 0 Å². The lowest BCUT2D eigenvalue weighted by atomic mass is 10.2. The Morgan fingerprint density at radius 3 is 2.42 bits per heavy atom. The van der Waals surface area contributed by atoms with E-state index in [4.69, 9.17) is 12.2 Å². The number of hydrogen-bond acceptors (Lipinski definition) is 3. The normalized spacial score (nSPS) is 9.92. The molecule has 0 radical (unpaired) electrons. The zero-order valence-electron chi connectivity index (χ0n) is 13.5. The second kappa shape index (κ2) is 9.83. The molecule has 0 aliphatic rings. The van der Waals surface area contributed by atoms with E-state index >= 15 is 0 Å². The molecule has 0 aromatic heterocycles. The molecule has 0 atom stereocenters. The minimum atomic E-state index is -0.460. The molecule has 0 heterocycles. The first-order valence-corrected chi connectivity index (χ1v) is 8.80. The Morgan fingerprint density at radius 1 is 1.04 bits per heavy atom. The highest BCUT2D eigenvalue weighted by Gasteiger charge is 2.07. The van der Waals surface area contributed by atoms with Crippen LogP contribution in [0.5, 0.6) is 0 Å². The van der Waals surface area contributed by atoms with Gasteiger partial charge in [-0.15, -0.1) is 0 Å². The molecule has 26 heavy (non-hydrogen) atoms. The molecule has 2 aromatic carbocycles. The topological polar surface area (TPSA) is 82.3 Å². The Hall–Kier alpha value is -2.52. The molecule has 0 bridgehead atoms. The molecule has 0 saturated heterocycles. The van der Waals surface area contributed by atoms with Crippen LogP contribution >= 0.6 is 28.1 Å². The molecular weight excluding hydrogens is 423 g/mol. The average molecular weight is 439 g/mol. The molecule has 0 aliphatic heterocycles. The van der Waals surface area contributed by atoms with Gasteiger partial charge < -0.3 is 10.6 Å². The molecule has 2 aromatic rings. The fourth-order valence-electron chi connectivity index (χ4n) is 1.90. The van der Waals surface area contributed by atoms with Gasteiger partial charge in [0.05, 0.1) is 5.69 Å². The molecule has 0 unspecified atom stereocenters. The number of hydrazine groups is 1. The molecule has 9 heteroatoms. The van der Waals surface area contributed by atoms with Gasteiger partial charge in [0.2, 0.25) is 5.91 Å². The first-order valence-electron chi connectivity index (χ1n) is 7.60. The molecule has 2 rings (SSSR count). The van der Waals surface area contributed by atoms with Crippen molar-refractivity contribution < 1.29 is 14.0 Å². The molecule has 0 aliphatic carbocycles. The quantitative estimate of drug-likeness (QED) is 0.426. The summed E-state index contributed by atoms with van der Waals surface area (Å²) in [6.45, 7) is 0.163. The van der Waals surface area contributed by atoms with E-state index in [0.717, 1.165) is 4.47 Å². The number of para-hydroxylation sites is 1. The zero-order chi connectivity index (χ0) is 18.9. The van der Waals surface area contributed by atoms with Crippen molar-refractivity contribution in [2.75, 3.05) is 11.9 Å². The standard InChI is InChI=1S/C17H16BrFN4O2S/c18-12-7-5-11(6-8-12)16(25)20-10-9-15(24)22-23-17(26)21-14-4-2-1-3-13(14)19/h1-8H,9-10H2,(H,20,25)(H,22,24)(H2,21,23,26). The van der Waals surface area contributed by atoms with Crippen LogP contribution in [-0.4, -0.2) is 23.5 Å². The van der Waals surface area contributed by atoms with Crippen LogP contribution in [0.2, 0.25) is 0 Å². The summed E-state index contributed by atoms with van der Waals surface area (Å²) < 4.78 is 14.3. The Balaban J connectivity index is 1.67. The second-order valence-corrected chi connectivity index (χ2v) is 6.44. The molecule has 4 N–H and O–H groups in total. The predicted molar refractivity (Wildman–Crippen MR) is 105 cm³/mol. The first kappa shape index (κ1) is 19.8. The third-order valence-electron chi connectivity index (χ3n) is 3.18. The number of halogens is 2. The lowest BCUT2D eigenvalue weighted by Gasteiger charge is -2.12. The highest BCUT2D eigenvalue weighted by molar-refractivity contribution is 9.10. The van der Waals surface area contributed by atoms with Gasteiger partial charge in [-0.3, -0.25) is 20.4 Å². The van der Waals surface area contributed by atoms with E-state index in [1.807, 2.05) is 0 Å². The van der Waals surface area contributed by atoms with Gasteiger partial charge in [0.15, 0.2) is 5.11 Å². The van der Waals surface area contributed by atoms with Crippen molar-refractivity contribution in [1.82, 2.24) is 16.2 Å². The van der Waals surface area contributed by atoms with Gasteiger partial charge in [-0.05, 0) is 48.6 Å². The average Bonchev–Trinajstić information content (AvgIpc) is 2.62. The first-order chi connectivity index (χ1) is 12.5. The van der Waals surface area contributed by atoms with Crippen LogP contribution in [0.4, 0.5) is 10.1 Å². The van der Waals surface area contributed by atoms with Gasteiger partial charge in [-0.1, -0.05) is 28.1 Å². The largest absolute Gasteiger partial charge is 0.352 e. The van der Waals surface area contributed by atoms with Crippen LogP contribution in [0.15, 0.2) is 53.0 Å². The smallest absolute Gasteiger partial charge is 0.251 e. The Morgan fingerprint density at radius 2 is 1.73 bits per heavy atom. The predicted octanol–water partition coefficient (Wildman–Crippen LogP) is 2.73. The monoisotopic (exact) mass is 438 g/mol. The van der Waals surface area contributed by atoms with Crippen molar-refractivity contribution >= 4 is 50.8 Å². The maximum Gasteiger partial charge on any atom is 0.251 e. The van der Waals surface area contributed by atoms with E-state index < -0.39 is 5.82 Å². The number of thiocarbonyl (C=S) groups is 1. The van der Waals surface area contributed by atoms with Gasteiger partial charge in [-0.25, -0.2) is 4.39 Å². The second-order valence-electron chi connectivity index (χ2n) is 5.12. The fraction of sp³-hybridized carbons (Fsp3) is 0.118. The van der Waals surface area contributed by atoms with Crippen LogP contribution in [0, 0.1) is 5.82 Å². The molecule has 2 amide bonds. The number of carbonyl (C=O) groups excluding carboxylic acids is 2. The van der Waals surface area contributed by atoms with E-state index in [1.54, 1.807) is 36.4 Å². The Labute approximate surface area is 163 Å². The van der Waals surface area contributed by atoms with Crippen LogP contribution < -0.4 is 21.5 Å². The molecular formula is C17H16BrFN4O2S. The summed E-state index contributed by atoms with van der Waals surface area (Å²) in [7, 11) is 0. The van der Waals surface area contributed by atoms with E-state index in [-0.39, 0.29) is 35.6 Å². The number of anilines is 1. The molecule has 6 nitrogen and oxygen atoms in total. The van der Waals surface area contributed by atoms with Gasteiger partial charge in [0.25, 0.3) is 5.91 Å². The molecule has 0 fully saturated rings. The van der Waals surface area contributed by atoms with E-state index in [2.05, 4.69) is 37.4 Å². The summed E-state index contributed by atoms with van der Waals surface area (Å²) in [6, 6.07) is 12.9. The molecule has 0 saturated carbocycles. The summed E-state index contributed by atoms with van der Waals surface area (Å²) in [5, 5.41) is 5.31. The minimum Gasteiger partial charge on any atom is -0.352 e.